The molecule has 0 amide bonds. The molecular weight excluding hydrogens is 310 g/mol. The number of hydrogen-bond acceptors (Lipinski definition) is 6. The summed E-state index contributed by atoms with van der Waals surface area (Å²) in [5, 5.41) is 12.5. The Kier molecular flexibility index (Phi) is 4.46. The molecule has 0 fully saturated rings. The van der Waals surface area contributed by atoms with Crippen LogP contribution in [0.5, 0.6) is 5.75 Å². The van der Waals surface area contributed by atoms with Gasteiger partial charge >= 0.3 is 0 Å². The van der Waals surface area contributed by atoms with E-state index in [0.717, 1.165) is 22.6 Å². The van der Waals surface area contributed by atoms with Crippen LogP contribution < -0.4 is 4.74 Å². The van der Waals surface area contributed by atoms with E-state index < -0.39 is 11.6 Å². The number of Topliss-reactive ketones (excluding diaryl/α,β-unsaturated/α-hetero) is 2. The smallest absolute Gasteiger partial charge is 0.269 e. The van der Waals surface area contributed by atoms with Gasteiger partial charge in [-0.1, -0.05) is 12.1 Å². The van der Waals surface area contributed by atoms with Crippen molar-refractivity contribution in [3.8, 4) is 5.75 Å². The second kappa shape index (κ2) is 6.86. The van der Waals surface area contributed by atoms with Gasteiger partial charge in [-0.3, -0.25) is 9.59 Å². The van der Waals surface area contributed by atoms with Gasteiger partial charge in [0.25, 0.3) is 5.78 Å². The normalized spacial score (nSPS) is 10.5. The SMILES string of the molecule is COc1ccc(Cc2[nH]ccc2CC(=O)C(=O)c2nn[nH]n2)cc1. The van der Waals surface area contributed by atoms with Crippen molar-refractivity contribution in [3.05, 3.63) is 59.2 Å². The average Bonchev–Trinajstić information content (AvgIpc) is 3.27. The first-order chi connectivity index (χ1) is 11.7. The summed E-state index contributed by atoms with van der Waals surface area (Å²) in [4.78, 5) is 27.1. The van der Waals surface area contributed by atoms with E-state index in [9.17, 15) is 9.59 Å². The lowest BCUT2D eigenvalue weighted by atomic mass is 10.0. The molecule has 0 bridgehead atoms. The molecule has 0 aliphatic rings. The molecule has 1 aromatic carbocycles. The maximum Gasteiger partial charge on any atom is 0.269 e. The van der Waals surface area contributed by atoms with Gasteiger partial charge in [-0.25, -0.2) is 0 Å². The Morgan fingerprint density at radius 3 is 2.62 bits per heavy atom. The van der Waals surface area contributed by atoms with Gasteiger partial charge < -0.3 is 9.72 Å². The van der Waals surface area contributed by atoms with E-state index >= 15 is 0 Å². The van der Waals surface area contributed by atoms with Crippen LogP contribution in [-0.2, 0) is 17.6 Å². The van der Waals surface area contributed by atoms with E-state index in [1.54, 1.807) is 19.4 Å². The van der Waals surface area contributed by atoms with E-state index in [-0.39, 0.29) is 12.2 Å². The van der Waals surface area contributed by atoms with E-state index in [4.69, 9.17) is 4.74 Å². The van der Waals surface area contributed by atoms with Crippen molar-refractivity contribution in [1.29, 1.82) is 0 Å². The van der Waals surface area contributed by atoms with E-state index in [0.29, 0.717) is 6.42 Å². The van der Waals surface area contributed by atoms with Crippen molar-refractivity contribution in [3.63, 3.8) is 0 Å². The number of nitrogens with zero attached hydrogens (tertiary/aromatic N) is 3. The quantitative estimate of drug-likeness (QED) is 0.497. The summed E-state index contributed by atoms with van der Waals surface area (Å²) in [6, 6.07) is 9.46. The predicted octanol–water partition coefficient (Wildman–Crippen LogP) is 1.12. The van der Waals surface area contributed by atoms with Gasteiger partial charge in [0, 0.05) is 24.7 Å². The molecule has 24 heavy (non-hydrogen) atoms. The maximum atomic E-state index is 12.1. The zero-order chi connectivity index (χ0) is 16.9. The van der Waals surface area contributed by atoms with Crippen LogP contribution in [0.25, 0.3) is 0 Å². The van der Waals surface area contributed by atoms with Crippen LogP contribution in [0.15, 0.2) is 36.5 Å². The van der Waals surface area contributed by atoms with Crippen LogP contribution in [0.1, 0.15) is 27.4 Å². The maximum absolute atomic E-state index is 12.1. The number of methoxy groups -OCH3 is 1. The standard InChI is InChI=1S/C16H15N5O3/c1-24-12-4-2-10(3-5-12)8-13-11(6-7-17-13)9-14(22)15(23)16-18-20-21-19-16/h2-7,17H,8-9H2,1H3,(H,18,19,20,21). The van der Waals surface area contributed by atoms with Gasteiger partial charge in [-0.2, -0.15) is 5.21 Å². The molecule has 8 heteroatoms. The van der Waals surface area contributed by atoms with E-state index in [1.165, 1.54) is 0 Å². The van der Waals surface area contributed by atoms with Crippen LogP contribution >= 0.6 is 0 Å². The monoisotopic (exact) mass is 325 g/mol. The molecule has 0 saturated carbocycles. The zero-order valence-corrected chi connectivity index (χ0v) is 12.9. The van der Waals surface area contributed by atoms with Crippen molar-refractivity contribution in [2.24, 2.45) is 0 Å². The molecular formula is C16H15N5O3. The molecule has 8 nitrogen and oxygen atoms in total. The predicted molar refractivity (Wildman–Crippen MR) is 83.8 cm³/mol. The minimum absolute atomic E-state index is 0.0115. The number of aromatic nitrogens is 5. The number of rotatable bonds is 7. The number of carbonyl (C=O) groups is 2. The molecule has 0 radical (unpaired) electrons. The number of tetrazole rings is 1. The van der Waals surface area contributed by atoms with Gasteiger partial charge in [-0.15, -0.1) is 10.2 Å². The third-order valence-electron chi connectivity index (χ3n) is 3.62. The Hall–Kier alpha value is -3.29. The van der Waals surface area contributed by atoms with Crippen LogP contribution in [0.2, 0.25) is 0 Å². The molecule has 0 unspecified atom stereocenters. The van der Waals surface area contributed by atoms with Crippen LogP contribution in [0, 0.1) is 0 Å². The number of benzene rings is 1. The van der Waals surface area contributed by atoms with Gasteiger partial charge in [0.15, 0.2) is 0 Å². The number of nitrogens with one attached hydrogen (secondary N) is 2. The highest BCUT2D eigenvalue weighted by Gasteiger charge is 2.22. The van der Waals surface area contributed by atoms with E-state index in [2.05, 4.69) is 25.6 Å². The van der Waals surface area contributed by atoms with Crippen molar-refractivity contribution < 1.29 is 14.3 Å². The number of hydrogen-bond donors (Lipinski definition) is 2. The van der Waals surface area contributed by atoms with Crippen molar-refractivity contribution in [1.82, 2.24) is 25.6 Å². The third kappa shape index (κ3) is 3.37. The molecule has 0 saturated heterocycles. The molecule has 2 heterocycles. The molecule has 3 rings (SSSR count). The fraction of sp³-hybridized carbons (Fsp3) is 0.188. The number of H-pyrrole nitrogens is 2. The highest BCUT2D eigenvalue weighted by atomic mass is 16.5. The largest absolute Gasteiger partial charge is 0.497 e. The van der Waals surface area contributed by atoms with Crippen LogP contribution in [-0.4, -0.2) is 44.3 Å². The lowest BCUT2D eigenvalue weighted by Gasteiger charge is -2.05. The second-order valence-electron chi connectivity index (χ2n) is 5.17. The zero-order valence-electron chi connectivity index (χ0n) is 12.9. The third-order valence-corrected chi connectivity index (χ3v) is 3.62. The first-order valence-electron chi connectivity index (χ1n) is 7.26. The Labute approximate surface area is 137 Å². The summed E-state index contributed by atoms with van der Waals surface area (Å²) in [5.41, 5.74) is 2.72. The summed E-state index contributed by atoms with van der Waals surface area (Å²) < 4.78 is 5.13. The van der Waals surface area contributed by atoms with Gasteiger partial charge in [0.05, 0.1) is 7.11 Å². The van der Waals surface area contributed by atoms with Crippen molar-refractivity contribution >= 4 is 11.6 Å². The summed E-state index contributed by atoms with van der Waals surface area (Å²) in [6.45, 7) is 0. The fourth-order valence-electron chi connectivity index (χ4n) is 2.35. The summed E-state index contributed by atoms with van der Waals surface area (Å²) in [7, 11) is 1.62. The average molecular weight is 325 g/mol. The Balaban J connectivity index is 1.70. The van der Waals surface area contributed by atoms with Crippen molar-refractivity contribution in [2.45, 2.75) is 12.8 Å². The second-order valence-corrected chi connectivity index (χ2v) is 5.17. The molecule has 0 spiro atoms. The number of ether oxygens (including phenoxy) is 1. The molecule has 2 aromatic heterocycles. The molecule has 2 N–H and O–H groups in total. The van der Waals surface area contributed by atoms with E-state index in [1.807, 2.05) is 24.3 Å². The fourth-order valence-corrected chi connectivity index (χ4v) is 2.35. The highest BCUT2D eigenvalue weighted by molar-refractivity contribution is 6.43. The Bertz CT molecular complexity index is 837. The molecule has 0 atom stereocenters. The van der Waals surface area contributed by atoms with Crippen molar-refractivity contribution in [2.75, 3.05) is 7.11 Å². The number of aromatic amines is 2. The minimum Gasteiger partial charge on any atom is -0.497 e. The first kappa shape index (κ1) is 15.6. The minimum atomic E-state index is -0.750. The summed E-state index contributed by atoms with van der Waals surface area (Å²) >= 11 is 0. The highest BCUT2D eigenvalue weighted by Crippen LogP contribution is 2.17. The topological polar surface area (TPSA) is 114 Å². The number of carbonyl (C=O) groups excluding carboxylic acids is 2. The van der Waals surface area contributed by atoms with Gasteiger partial charge in [0.2, 0.25) is 11.6 Å². The summed E-state index contributed by atoms with van der Waals surface area (Å²) in [5.74, 6) is -0.758. The summed E-state index contributed by atoms with van der Waals surface area (Å²) in [6.07, 6.45) is 2.36. The lowest BCUT2D eigenvalue weighted by molar-refractivity contribution is -0.114. The van der Waals surface area contributed by atoms with Crippen LogP contribution in [0.3, 0.4) is 0 Å². The molecule has 0 aliphatic heterocycles. The van der Waals surface area contributed by atoms with Crippen LogP contribution in [0.4, 0.5) is 0 Å². The Morgan fingerprint density at radius 1 is 1.17 bits per heavy atom. The van der Waals surface area contributed by atoms with Gasteiger partial charge in [0.1, 0.15) is 5.75 Å². The molecule has 0 aliphatic carbocycles. The lowest BCUT2D eigenvalue weighted by Crippen LogP contribution is -2.18. The molecule has 122 valence electrons. The van der Waals surface area contributed by atoms with Gasteiger partial charge in [-0.05, 0) is 34.5 Å². The number of ketones is 2. The molecule has 3 aromatic rings. The Morgan fingerprint density at radius 2 is 1.96 bits per heavy atom. The first-order valence-corrected chi connectivity index (χ1v) is 7.26.